The number of aromatic nitrogens is 2. The topological polar surface area (TPSA) is 67.0 Å². The van der Waals surface area contributed by atoms with E-state index in [4.69, 9.17) is 4.74 Å². The van der Waals surface area contributed by atoms with E-state index in [0.29, 0.717) is 5.75 Å². The molecular formula is C18H17N3O2. The zero-order valence-corrected chi connectivity index (χ0v) is 12.7. The molecule has 0 spiro atoms. The lowest BCUT2D eigenvalue weighted by atomic mass is 10.1. The molecule has 5 heteroatoms. The minimum atomic E-state index is -0.192. The second kappa shape index (κ2) is 6.79. The number of amides is 1. The zero-order chi connectivity index (χ0) is 16.1. The van der Waals surface area contributed by atoms with E-state index in [0.717, 1.165) is 22.4 Å². The molecule has 0 saturated carbocycles. The van der Waals surface area contributed by atoms with Gasteiger partial charge in [-0.1, -0.05) is 24.3 Å². The fraction of sp³-hybridized carbons (Fsp3) is 0.111. The quantitative estimate of drug-likeness (QED) is 0.759. The van der Waals surface area contributed by atoms with Crippen LogP contribution in [0.1, 0.15) is 5.56 Å². The van der Waals surface area contributed by atoms with Gasteiger partial charge in [-0.2, -0.15) is 5.10 Å². The van der Waals surface area contributed by atoms with Gasteiger partial charge < -0.3 is 10.1 Å². The summed E-state index contributed by atoms with van der Waals surface area (Å²) in [7, 11) is 0. The zero-order valence-electron chi connectivity index (χ0n) is 12.7. The largest absolute Gasteiger partial charge is 0.484 e. The number of nitrogens with one attached hydrogen (secondary N) is 2. The Hall–Kier alpha value is -3.08. The predicted octanol–water partition coefficient (Wildman–Crippen LogP) is 3.40. The van der Waals surface area contributed by atoms with Gasteiger partial charge in [-0.25, -0.2) is 0 Å². The highest BCUT2D eigenvalue weighted by molar-refractivity contribution is 5.92. The van der Waals surface area contributed by atoms with Gasteiger partial charge in [-0.15, -0.1) is 0 Å². The van der Waals surface area contributed by atoms with Gasteiger partial charge in [0.05, 0.1) is 6.20 Å². The maximum atomic E-state index is 11.9. The summed E-state index contributed by atoms with van der Waals surface area (Å²) in [5, 5.41) is 9.50. The minimum absolute atomic E-state index is 0.0209. The molecule has 0 atom stereocenters. The summed E-state index contributed by atoms with van der Waals surface area (Å²) in [6, 6.07) is 15.2. The standard InChI is InChI=1S/C18H17N3O2/c1-13-3-2-4-17(9-13)23-12-18(22)21-16-7-5-14(6-8-16)15-10-19-20-11-15/h2-11H,12H2,1H3,(H,19,20)(H,21,22). The van der Waals surface area contributed by atoms with Crippen LogP contribution in [-0.4, -0.2) is 22.7 Å². The summed E-state index contributed by atoms with van der Waals surface area (Å²) < 4.78 is 5.48. The molecule has 0 aliphatic carbocycles. The number of aryl methyl sites for hydroxylation is 1. The third kappa shape index (κ3) is 3.97. The molecule has 0 fully saturated rings. The maximum Gasteiger partial charge on any atom is 0.262 e. The second-order valence-corrected chi connectivity index (χ2v) is 5.22. The number of hydrogen-bond donors (Lipinski definition) is 2. The van der Waals surface area contributed by atoms with E-state index in [1.807, 2.05) is 61.7 Å². The smallest absolute Gasteiger partial charge is 0.262 e. The van der Waals surface area contributed by atoms with Crippen LogP contribution in [0.2, 0.25) is 0 Å². The minimum Gasteiger partial charge on any atom is -0.484 e. The number of carbonyl (C=O) groups is 1. The number of carbonyl (C=O) groups excluding carboxylic acids is 1. The van der Waals surface area contributed by atoms with Crippen LogP contribution in [0.3, 0.4) is 0 Å². The van der Waals surface area contributed by atoms with Crippen LogP contribution >= 0.6 is 0 Å². The van der Waals surface area contributed by atoms with Crippen molar-refractivity contribution in [1.29, 1.82) is 0 Å². The van der Waals surface area contributed by atoms with Crippen LogP contribution in [-0.2, 0) is 4.79 Å². The fourth-order valence-electron chi connectivity index (χ4n) is 2.21. The molecule has 0 aliphatic rings. The molecule has 0 aliphatic heterocycles. The molecule has 23 heavy (non-hydrogen) atoms. The van der Waals surface area contributed by atoms with E-state index in [1.54, 1.807) is 6.20 Å². The van der Waals surface area contributed by atoms with Crippen molar-refractivity contribution in [2.75, 3.05) is 11.9 Å². The molecule has 1 heterocycles. The highest BCUT2D eigenvalue weighted by Crippen LogP contribution is 2.20. The lowest BCUT2D eigenvalue weighted by Gasteiger charge is -2.08. The van der Waals surface area contributed by atoms with Crippen LogP contribution < -0.4 is 10.1 Å². The number of aromatic amines is 1. The maximum absolute atomic E-state index is 11.9. The van der Waals surface area contributed by atoms with Crippen molar-refractivity contribution in [3.05, 3.63) is 66.5 Å². The SMILES string of the molecule is Cc1cccc(OCC(=O)Nc2ccc(-c3cn[nH]c3)cc2)c1. The van der Waals surface area contributed by atoms with Gasteiger partial charge in [0.2, 0.25) is 0 Å². The first-order valence-corrected chi connectivity index (χ1v) is 7.29. The highest BCUT2D eigenvalue weighted by atomic mass is 16.5. The van der Waals surface area contributed by atoms with Gasteiger partial charge in [-0.3, -0.25) is 9.89 Å². The third-order valence-corrected chi connectivity index (χ3v) is 3.36. The van der Waals surface area contributed by atoms with Crippen LogP contribution in [0.15, 0.2) is 60.9 Å². The number of benzene rings is 2. The summed E-state index contributed by atoms with van der Waals surface area (Å²) >= 11 is 0. The summed E-state index contributed by atoms with van der Waals surface area (Å²) in [5.74, 6) is 0.498. The number of rotatable bonds is 5. The molecule has 2 N–H and O–H groups in total. The second-order valence-electron chi connectivity index (χ2n) is 5.22. The summed E-state index contributed by atoms with van der Waals surface area (Å²) in [6.07, 6.45) is 3.58. The van der Waals surface area contributed by atoms with Gasteiger partial charge in [0.15, 0.2) is 6.61 Å². The molecule has 116 valence electrons. The lowest BCUT2D eigenvalue weighted by molar-refractivity contribution is -0.118. The van der Waals surface area contributed by atoms with Crippen molar-refractivity contribution < 1.29 is 9.53 Å². The molecule has 0 unspecified atom stereocenters. The van der Waals surface area contributed by atoms with Gasteiger partial charge in [0.25, 0.3) is 5.91 Å². The van der Waals surface area contributed by atoms with E-state index in [1.165, 1.54) is 0 Å². The molecule has 3 aromatic rings. The molecule has 0 saturated heterocycles. The Balaban J connectivity index is 1.55. The number of ether oxygens (including phenoxy) is 1. The summed E-state index contributed by atoms with van der Waals surface area (Å²) in [5.41, 5.74) is 3.87. The van der Waals surface area contributed by atoms with Crippen molar-refractivity contribution in [3.8, 4) is 16.9 Å². The summed E-state index contributed by atoms with van der Waals surface area (Å²) in [6.45, 7) is 1.96. The van der Waals surface area contributed by atoms with Crippen LogP contribution in [0, 0.1) is 6.92 Å². The van der Waals surface area contributed by atoms with Crippen molar-refractivity contribution in [2.45, 2.75) is 6.92 Å². The first-order valence-electron chi connectivity index (χ1n) is 7.29. The Labute approximate surface area is 134 Å². The van der Waals surface area contributed by atoms with Gasteiger partial charge in [0, 0.05) is 17.4 Å². The van der Waals surface area contributed by atoms with E-state index in [-0.39, 0.29) is 12.5 Å². The number of anilines is 1. The summed E-state index contributed by atoms with van der Waals surface area (Å²) in [4.78, 5) is 11.9. The van der Waals surface area contributed by atoms with E-state index in [9.17, 15) is 4.79 Å². The number of hydrogen-bond acceptors (Lipinski definition) is 3. The molecule has 2 aromatic carbocycles. The average molecular weight is 307 g/mol. The van der Waals surface area contributed by atoms with E-state index >= 15 is 0 Å². The highest BCUT2D eigenvalue weighted by Gasteiger charge is 2.05. The van der Waals surface area contributed by atoms with E-state index < -0.39 is 0 Å². The Morgan fingerprint density at radius 1 is 1.17 bits per heavy atom. The number of nitrogens with zero attached hydrogens (tertiary/aromatic N) is 1. The predicted molar refractivity (Wildman–Crippen MR) is 89.3 cm³/mol. The molecule has 1 aromatic heterocycles. The third-order valence-electron chi connectivity index (χ3n) is 3.36. The van der Waals surface area contributed by atoms with E-state index in [2.05, 4.69) is 15.5 Å². The Bertz CT molecular complexity index is 780. The van der Waals surface area contributed by atoms with Gasteiger partial charge in [-0.05, 0) is 42.3 Å². The molecule has 0 bridgehead atoms. The molecular weight excluding hydrogens is 290 g/mol. The lowest BCUT2D eigenvalue weighted by Crippen LogP contribution is -2.20. The van der Waals surface area contributed by atoms with Crippen LogP contribution in [0.4, 0.5) is 5.69 Å². The number of H-pyrrole nitrogens is 1. The molecule has 5 nitrogen and oxygen atoms in total. The van der Waals surface area contributed by atoms with Crippen molar-refractivity contribution in [2.24, 2.45) is 0 Å². The molecule has 0 radical (unpaired) electrons. The normalized spacial score (nSPS) is 10.3. The van der Waals surface area contributed by atoms with Crippen molar-refractivity contribution in [3.63, 3.8) is 0 Å². The average Bonchev–Trinajstić information content (AvgIpc) is 3.08. The van der Waals surface area contributed by atoms with Crippen LogP contribution in [0.5, 0.6) is 5.75 Å². The molecule has 3 rings (SSSR count). The first-order chi connectivity index (χ1) is 11.2. The Kier molecular flexibility index (Phi) is 4.38. The van der Waals surface area contributed by atoms with Crippen molar-refractivity contribution in [1.82, 2.24) is 10.2 Å². The molecule has 1 amide bonds. The van der Waals surface area contributed by atoms with Gasteiger partial charge >= 0.3 is 0 Å². The Morgan fingerprint density at radius 2 is 2.00 bits per heavy atom. The van der Waals surface area contributed by atoms with Gasteiger partial charge in [0.1, 0.15) is 5.75 Å². The monoisotopic (exact) mass is 307 g/mol. The fourth-order valence-corrected chi connectivity index (χ4v) is 2.21. The first kappa shape index (κ1) is 14.8. The van der Waals surface area contributed by atoms with Crippen molar-refractivity contribution >= 4 is 11.6 Å². The Morgan fingerprint density at radius 3 is 2.70 bits per heavy atom. The van der Waals surface area contributed by atoms with Crippen LogP contribution in [0.25, 0.3) is 11.1 Å².